The highest BCUT2D eigenvalue weighted by Gasteiger charge is 2.25. The van der Waals surface area contributed by atoms with Gasteiger partial charge in [-0.25, -0.2) is 9.97 Å². The van der Waals surface area contributed by atoms with Crippen molar-refractivity contribution in [1.82, 2.24) is 30.2 Å². The molecule has 5 heterocycles. The number of nitrogens with zero attached hydrogens (tertiary/aromatic N) is 5. The predicted octanol–water partition coefficient (Wildman–Crippen LogP) is 5.49. The standard InChI is InChI=1S/C38H44N8O3/c1-25(2)27-5-7-29(8-6-27)37(47)43-31-4-3-15-45(23-31)22-26-13-14-39-34(20-26)38(48)42-30-11-9-28(10-12-30)33-21-32-35(44-33)40-24-41-36(32)46-16-18-49-19-17-46/h7,9-14,20-21,24,27,31H,1,3-6,8,15-19,22-23H2,2H3,(H,42,48)(H,43,47)(H,40,41,44)/t27-,31-/m1/s1. The summed E-state index contributed by atoms with van der Waals surface area (Å²) in [5.74, 6) is 1.20. The highest BCUT2D eigenvalue weighted by Crippen LogP contribution is 2.30. The van der Waals surface area contributed by atoms with Crippen LogP contribution in [-0.4, -0.2) is 82.1 Å². The second kappa shape index (κ2) is 14.7. The lowest BCUT2D eigenvalue weighted by Gasteiger charge is -2.33. The molecule has 11 heteroatoms. The van der Waals surface area contributed by atoms with Gasteiger partial charge in [0.1, 0.15) is 23.5 Å². The highest BCUT2D eigenvalue weighted by molar-refractivity contribution is 6.03. The van der Waals surface area contributed by atoms with E-state index in [4.69, 9.17) is 4.74 Å². The summed E-state index contributed by atoms with van der Waals surface area (Å²) in [5, 5.41) is 7.25. The molecule has 7 rings (SSSR count). The van der Waals surface area contributed by atoms with Gasteiger partial charge in [0.15, 0.2) is 0 Å². The molecule has 0 bridgehead atoms. The molecule has 0 radical (unpaired) electrons. The molecule has 1 aromatic carbocycles. The van der Waals surface area contributed by atoms with Crippen LogP contribution in [0.25, 0.3) is 22.3 Å². The number of allylic oxidation sites excluding steroid dienone is 2. The number of amides is 2. The third-order valence-electron chi connectivity index (χ3n) is 9.87. The molecule has 0 spiro atoms. The number of piperidine rings is 1. The van der Waals surface area contributed by atoms with E-state index in [1.807, 2.05) is 36.4 Å². The van der Waals surface area contributed by atoms with Crippen molar-refractivity contribution in [2.24, 2.45) is 5.92 Å². The van der Waals surface area contributed by atoms with Crippen LogP contribution in [0.1, 0.15) is 55.1 Å². The monoisotopic (exact) mass is 660 g/mol. The summed E-state index contributed by atoms with van der Waals surface area (Å²) in [6.45, 7) is 11.5. The number of nitrogens with one attached hydrogen (secondary N) is 3. The zero-order valence-corrected chi connectivity index (χ0v) is 28.1. The van der Waals surface area contributed by atoms with Crippen molar-refractivity contribution in [3.8, 4) is 11.3 Å². The van der Waals surface area contributed by atoms with Gasteiger partial charge in [0.2, 0.25) is 5.91 Å². The zero-order chi connectivity index (χ0) is 33.7. The van der Waals surface area contributed by atoms with Gasteiger partial charge < -0.3 is 25.3 Å². The van der Waals surface area contributed by atoms with E-state index in [1.165, 1.54) is 5.57 Å². The van der Waals surface area contributed by atoms with Crippen LogP contribution in [0, 0.1) is 5.92 Å². The molecule has 0 saturated carbocycles. The lowest BCUT2D eigenvalue weighted by molar-refractivity contribution is -0.118. The first-order valence-corrected chi connectivity index (χ1v) is 17.3. The van der Waals surface area contributed by atoms with Gasteiger partial charge in [-0.3, -0.25) is 19.5 Å². The lowest BCUT2D eigenvalue weighted by Crippen LogP contribution is -2.47. The Kier molecular flexibility index (Phi) is 9.81. The molecule has 4 aromatic rings. The number of fused-ring (bicyclic) bond motifs is 1. The van der Waals surface area contributed by atoms with E-state index in [1.54, 1.807) is 12.5 Å². The minimum Gasteiger partial charge on any atom is -0.378 e. The first-order valence-electron chi connectivity index (χ1n) is 17.3. The number of aromatic amines is 1. The molecule has 254 valence electrons. The Morgan fingerprint density at radius 3 is 2.63 bits per heavy atom. The van der Waals surface area contributed by atoms with Gasteiger partial charge in [-0.05, 0) is 92.9 Å². The van der Waals surface area contributed by atoms with Crippen molar-refractivity contribution in [3.05, 3.63) is 90.0 Å². The minimum atomic E-state index is -0.260. The van der Waals surface area contributed by atoms with Gasteiger partial charge in [-0.2, -0.15) is 0 Å². The van der Waals surface area contributed by atoms with Crippen LogP contribution in [0.3, 0.4) is 0 Å². The fraction of sp³-hybridized carbons (Fsp3) is 0.395. The number of morpholine rings is 1. The van der Waals surface area contributed by atoms with E-state index in [0.717, 1.165) is 97.5 Å². The van der Waals surface area contributed by atoms with Crippen molar-refractivity contribution in [2.45, 2.75) is 51.6 Å². The maximum absolute atomic E-state index is 13.2. The van der Waals surface area contributed by atoms with Gasteiger partial charge in [0, 0.05) is 55.4 Å². The Hall–Kier alpha value is -4.87. The normalized spacial score (nSPS) is 20.1. The van der Waals surface area contributed by atoms with E-state index in [-0.39, 0.29) is 17.9 Å². The van der Waals surface area contributed by atoms with Gasteiger partial charge in [0.25, 0.3) is 5.91 Å². The van der Waals surface area contributed by atoms with Crippen LogP contribution in [0.5, 0.6) is 0 Å². The average Bonchev–Trinajstić information content (AvgIpc) is 3.57. The molecular weight excluding hydrogens is 616 g/mol. The van der Waals surface area contributed by atoms with Crippen molar-refractivity contribution in [2.75, 3.05) is 49.6 Å². The molecule has 49 heavy (non-hydrogen) atoms. The number of hydrogen-bond acceptors (Lipinski definition) is 8. The number of benzene rings is 1. The molecule has 3 aliphatic rings. The highest BCUT2D eigenvalue weighted by atomic mass is 16.5. The summed E-state index contributed by atoms with van der Waals surface area (Å²) in [6.07, 6.45) is 10.1. The van der Waals surface area contributed by atoms with Crippen LogP contribution < -0.4 is 15.5 Å². The SMILES string of the molecule is C=C(C)[C@@H]1CC=C(C(=O)N[C@@H]2CCCN(Cc3ccnc(C(=O)Nc4ccc(-c5cc6c(N7CCOCC7)ncnc6[nH]5)cc4)c3)C2)CC1. The van der Waals surface area contributed by atoms with Gasteiger partial charge in [-0.1, -0.05) is 30.4 Å². The summed E-state index contributed by atoms with van der Waals surface area (Å²) in [6, 6.07) is 13.7. The van der Waals surface area contributed by atoms with Gasteiger partial charge in [-0.15, -0.1) is 0 Å². The van der Waals surface area contributed by atoms with E-state index in [2.05, 4.69) is 66.0 Å². The van der Waals surface area contributed by atoms with Crippen LogP contribution in [-0.2, 0) is 16.1 Å². The maximum atomic E-state index is 13.2. The predicted molar refractivity (Wildman–Crippen MR) is 191 cm³/mol. The second-order valence-electron chi connectivity index (χ2n) is 13.4. The Labute approximate surface area is 286 Å². The van der Waals surface area contributed by atoms with Crippen LogP contribution >= 0.6 is 0 Å². The van der Waals surface area contributed by atoms with Gasteiger partial charge in [0.05, 0.1) is 18.6 Å². The summed E-state index contributed by atoms with van der Waals surface area (Å²) >= 11 is 0. The fourth-order valence-electron chi connectivity index (χ4n) is 7.08. The number of anilines is 2. The van der Waals surface area contributed by atoms with Crippen molar-refractivity contribution >= 4 is 34.4 Å². The fourth-order valence-corrected chi connectivity index (χ4v) is 7.08. The Balaban J connectivity index is 0.944. The topological polar surface area (TPSA) is 128 Å². The Bertz CT molecular complexity index is 1860. The smallest absolute Gasteiger partial charge is 0.274 e. The molecule has 11 nitrogen and oxygen atoms in total. The van der Waals surface area contributed by atoms with Crippen LogP contribution in [0.2, 0.25) is 0 Å². The zero-order valence-electron chi connectivity index (χ0n) is 28.1. The largest absolute Gasteiger partial charge is 0.378 e. The summed E-state index contributed by atoms with van der Waals surface area (Å²) < 4.78 is 5.50. The summed E-state index contributed by atoms with van der Waals surface area (Å²) in [7, 11) is 0. The van der Waals surface area contributed by atoms with E-state index < -0.39 is 0 Å². The summed E-state index contributed by atoms with van der Waals surface area (Å²) in [5.41, 5.74) is 6.86. The minimum absolute atomic E-state index is 0.0662. The van der Waals surface area contributed by atoms with Crippen molar-refractivity contribution in [3.63, 3.8) is 0 Å². The molecule has 2 amide bonds. The number of rotatable bonds is 9. The van der Waals surface area contributed by atoms with Crippen LogP contribution in [0.15, 0.2) is 78.8 Å². The summed E-state index contributed by atoms with van der Waals surface area (Å²) in [4.78, 5) is 47.5. The number of ether oxygens (including phenoxy) is 1. The molecule has 2 atom stereocenters. The first-order chi connectivity index (χ1) is 23.9. The third-order valence-corrected chi connectivity index (χ3v) is 9.87. The molecule has 0 unspecified atom stereocenters. The molecule has 2 saturated heterocycles. The molecule has 3 aromatic heterocycles. The molecule has 2 aliphatic heterocycles. The molecular formula is C38H44N8O3. The number of aromatic nitrogens is 4. The second-order valence-corrected chi connectivity index (χ2v) is 13.4. The Morgan fingerprint density at radius 2 is 1.86 bits per heavy atom. The maximum Gasteiger partial charge on any atom is 0.274 e. The number of hydrogen-bond donors (Lipinski definition) is 3. The van der Waals surface area contributed by atoms with E-state index in [0.29, 0.717) is 37.1 Å². The number of H-pyrrole nitrogens is 1. The number of carbonyl (C=O) groups is 2. The lowest BCUT2D eigenvalue weighted by atomic mass is 9.85. The van der Waals surface area contributed by atoms with Gasteiger partial charge >= 0.3 is 0 Å². The number of carbonyl (C=O) groups excluding carboxylic acids is 2. The molecule has 1 aliphatic carbocycles. The van der Waals surface area contributed by atoms with E-state index in [9.17, 15) is 9.59 Å². The van der Waals surface area contributed by atoms with Crippen molar-refractivity contribution in [1.29, 1.82) is 0 Å². The third kappa shape index (κ3) is 7.73. The first kappa shape index (κ1) is 32.7. The molecule has 2 fully saturated rings. The molecule has 3 N–H and O–H groups in total. The van der Waals surface area contributed by atoms with Crippen LogP contribution in [0.4, 0.5) is 11.5 Å². The van der Waals surface area contributed by atoms with E-state index >= 15 is 0 Å². The quantitative estimate of drug-likeness (QED) is 0.201. The number of likely N-dealkylation sites (tertiary alicyclic amines) is 1. The van der Waals surface area contributed by atoms with Crippen molar-refractivity contribution < 1.29 is 14.3 Å². The average molecular weight is 661 g/mol. The Morgan fingerprint density at radius 1 is 1.02 bits per heavy atom. The number of pyridine rings is 1.